The molecule has 0 saturated heterocycles. The molecule has 0 aliphatic heterocycles. The number of carbonyl (C=O) groups excluding carboxylic acids is 1. The number of rotatable bonds is 5. The fourth-order valence-electron chi connectivity index (χ4n) is 2.47. The molecule has 130 valence electrons. The van der Waals surface area contributed by atoms with E-state index in [1.54, 1.807) is 48.5 Å². The Labute approximate surface area is 145 Å². The summed E-state index contributed by atoms with van der Waals surface area (Å²) < 4.78 is 34.5. The summed E-state index contributed by atoms with van der Waals surface area (Å²) in [5.74, 6) is 0.248. The van der Waals surface area contributed by atoms with E-state index in [1.807, 2.05) is 0 Å². The molecule has 0 aliphatic rings. The standard InChI is InChI=1S/C17H17N3O4S/c1-12(21)18-20-16-6-4-3-5-13(16)11-17(20)25(22,23)19-14-7-9-15(24-2)10-8-14/h3-11,19H,1-2H3,(H,18,21). The van der Waals surface area contributed by atoms with Gasteiger partial charge in [-0.1, -0.05) is 18.2 Å². The fraction of sp³-hybridized carbons (Fsp3) is 0.118. The first-order valence-electron chi connectivity index (χ1n) is 7.45. The number of para-hydroxylation sites is 1. The zero-order chi connectivity index (χ0) is 18.0. The molecule has 2 aromatic carbocycles. The van der Waals surface area contributed by atoms with Gasteiger partial charge in [0.15, 0.2) is 5.03 Å². The molecular formula is C17H17N3O4S. The van der Waals surface area contributed by atoms with Crippen molar-refractivity contribution in [2.24, 2.45) is 0 Å². The van der Waals surface area contributed by atoms with Crippen molar-refractivity contribution in [1.29, 1.82) is 0 Å². The molecule has 0 spiro atoms. The normalized spacial score (nSPS) is 11.3. The predicted octanol–water partition coefficient (Wildman–Crippen LogP) is 2.54. The minimum absolute atomic E-state index is 0.0558. The molecule has 1 heterocycles. The third-order valence-electron chi connectivity index (χ3n) is 3.56. The summed E-state index contributed by atoms with van der Waals surface area (Å²) in [6, 6.07) is 15.1. The number of hydrogen-bond acceptors (Lipinski definition) is 4. The molecule has 0 fully saturated rings. The second-order valence-electron chi connectivity index (χ2n) is 5.38. The lowest BCUT2D eigenvalue weighted by molar-refractivity contribution is -0.115. The molecule has 0 bridgehead atoms. The summed E-state index contributed by atoms with van der Waals surface area (Å²) in [6.07, 6.45) is 0. The van der Waals surface area contributed by atoms with Gasteiger partial charge < -0.3 is 4.74 Å². The highest BCUT2D eigenvalue weighted by molar-refractivity contribution is 7.92. The number of methoxy groups -OCH3 is 1. The Balaban J connectivity index is 2.04. The number of carbonyl (C=O) groups is 1. The molecule has 0 saturated carbocycles. The summed E-state index contributed by atoms with van der Waals surface area (Å²) in [5, 5.41) is 0.645. The molecule has 8 heteroatoms. The highest BCUT2D eigenvalue weighted by atomic mass is 32.2. The Morgan fingerprint density at radius 2 is 1.76 bits per heavy atom. The largest absolute Gasteiger partial charge is 0.497 e. The van der Waals surface area contributed by atoms with Crippen LogP contribution in [0.5, 0.6) is 5.75 Å². The summed E-state index contributed by atoms with van der Waals surface area (Å²) in [7, 11) is -2.38. The average Bonchev–Trinajstić information content (AvgIpc) is 2.94. The Kier molecular flexibility index (Phi) is 4.37. The Morgan fingerprint density at radius 1 is 1.08 bits per heavy atom. The van der Waals surface area contributed by atoms with Gasteiger partial charge in [-0.2, -0.15) is 8.42 Å². The van der Waals surface area contributed by atoms with Gasteiger partial charge in [0.1, 0.15) is 5.75 Å². The number of sulfonamides is 1. The monoisotopic (exact) mass is 359 g/mol. The number of benzene rings is 2. The second kappa shape index (κ2) is 6.48. The fourth-order valence-corrected chi connectivity index (χ4v) is 3.68. The van der Waals surface area contributed by atoms with E-state index in [0.717, 1.165) is 0 Å². The van der Waals surface area contributed by atoms with Crippen molar-refractivity contribution in [3.63, 3.8) is 0 Å². The molecule has 0 unspecified atom stereocenters. The van der Waals surface area contributed by atoms with Gasteiger partial charge in [0, 0.05) is 18.0 Å². The maximum absolute atomic E-state index is 12.8. The predicted molar refractivity (Wildman–Crippen MR) is 95.8 cm³/mol. The molecule has 25 heavy (non-hydrogen) atoms. The van der Waals surface area contributed by atoms with Crippen LogP contribution < -0.4 is 14.9 Å². The molecule has 0 atom stereocenters. The van der Waals surface area contributed by atoms with Crippen LogP contribution in [0.25, 0.3) is 10.9 Å². The van der Waals surface area contributed by atoms with Gasteiger partial charge >= 0.3 is 0 Å². The van der Waals surface area contributed by atoms with E-state index < -0.39 is 10.0 Å². The number of hydrogen-bond donors (Lipinski definition) is 2. The topological polar surface area (TPSA) is 89.4 Å². The smallest absolute Gasteiger partial charge is 0.279 e. The molecule has 1 amide bonds. The molecular weight excluding hydrogens is 342 g/mol. The zero-order valence-electron chi connectivity index (χ0n) is 13.7. The van der Waals surface area contributed by atoms with Crippen LogP contribution in [-0.2, 0) is 14.8 Å². The Hall–Kier alpha value is -3.00. The third kappa shape index (κ3) is 3.43. The average molecular weight is 359 g/mol. The minimum Gasteiger partial charge on any atom is -0.497 e. The molecule has 3 aromatic rings. The highest BCUT2D eigenvalue weighted by Gasteiger charge is 2.22. The lowest BCUT2D eigenvalue weighted by Gasteiger charge is -2.13. The molecule has 2 N–H and O–H groups in total. The second-order valence-corrected chi connectivity index (χ2v) is 7.01. The van der Waals surface area contributed by atoms with Gasteiger partial charge in [-0.25, -0.2) is 4.68 Å². The summed E-state index contributed by atoms with van der Waals surface area (Å²) in [6.45, 7) is 1.32. The van der Waals surface area contributed by atoms with Gasteiger partial charge in [0.2, 0.25) is 5.91 Å². The van der Waals surface area contributed by atoms with Crippen LogP contribution in [0, 0.1) is 0 Å². The van der Waals surface area contributed by atoms with Crippen molar-refractivity contribution in [2.45, 2.75) is 11.9 Å². The number of amides is 1. The minimum atomic E-state index is -3.91. The maximum Gasteiger partial charge on any atom is 0.279 e. The van der Waals surface area contributed by atoms with E-state index >= 15 is 0 Å². The van der Waals surface area contributed by atoms with Crippen LogP contribution >= 0.6 is 0 Å². The Bertz CT molecular complexity index is 1020. The quantitative estimate of drug-likeness (QED) is 0.733. The van der Waals surface area contributed by atoms with E-state index in [9.17, 15) is 13.2 Å². The van der Waals surface area contributed by atoms with Gasteiger partial charge in [-0.15, -0.1) is 0 Å². The van der Waals surface area contributed by atoms with E-state index in [2.05, 4.69) is 10.1 Å². The molecule has 3 rings (SSSR count). The van der Waals surface area contributed by atoms with Crippen molar-refractivity contribution in [3.8, 4) is 5.75 Å². The van der Waals surface area contributed by atoms with Crippen LogP contribution in [0.15, 0.2) is 59.6 Å². The van der Waals surface area contributed by atoms with Crippen LogP contribution in [0.2, 0.25) is 0 Å². The SMILES string of the molecule is COc1ccc(NS(=O)(=O)c2cc3ccccc3n2NC(C)=O)cc1. The van der Waals surface area contributed by atoms with E-state index in [-0.39, 0.29) is 10.9 Å². The molecule has 1 aromatic heterocycles. The van der Waals surface area contributed by atoms with Gasteiger partial charge in [-0.05, 0) is 36.4 Å². The lowest BCUT2D eigenvalue weighted by Crippen LogP contribution is -2.25. The summed E-state index contributed by atoms with van der Waals surface area (Å²) >= 11 is 0. The van der Waals surface area contributed by atoms with Crippen LogP contribution in [-0.4, -0.2) is 26.1 Å². The number of aromatic nitrogens is 1. The van der Waals surface area contributed by atoms with Gasteiger partial charge in [0.25, 0.3) is 10.0 Å². The summed E-state index contributed by atoms with van der Waals surface area (Å²) in [5.41, 5.74) is 3.52. The number of fused-ring (bicyclic) bond motifs is 1. The van der Waals surface area contributed by atoms with Crippen LogP contribution in [0.3, 0.4) is 0 Å². The van der Waals surface area contributed by atoms with Crippen molar-refractivity contribution < 1.29 is 17.9 Å². The molecule has 0 radical (unpaired) electrons. The summed E-state index contributed by atoms with van der Waals surface area (Å²) in [4.78, 5) is 11.5. The van der Waals surface area contributed by atoms with Crippen molar-refractivity contribution in [1.82, 2.24) is 4.68 Å². The van der Waals surface area contributed by atoms with Gasteiger partial charge in [0.05, 0.1) is 12.6 Å². The number of nitrogens with one attached hydrogen (secondary N) is 2. The van der Waals surface area contributed by atoms with Crippen LogP contribution in [0.1, 0.15) is 6.92 Å². The van der Waals surface area contributed by atoms with E-state index in [1.165, 1.54) is 24.8 Å². The first-order valence-corrected chi connectivity index (χ1v) is 8.94. The highest BCUT2D eigenvalue weighted by Crippen LogP contribution is 2.25. The molecule has 7 nitrogen and oxygen atoms in total. The maximum atomic E-state index is 12.8. The van der Waals surface area contributed by atoms with Crippen molar-refractivity contribution >= 4 is 32.5 Å². The number of ether oxygens (including phenoxy) is 1. The van der Waals surface area contributed by atoms with E-state index in [4.69, 9.17) is 4.74 Å². The first kappa shape index (κ1) is 16.8. The Morgan fingerprint density at radius 3 is 2.40 bits per heavy atom. The number of nitrogens with zero attached hydrogens (tertiary/aromatic N) is 1. The van der Waals surface area contributed by atoms with E-state index in [0.29, 0.717) is 22.3 Å². The molecule has 0 aliphatic carbocycles. The van der Waals surface area contributed by atoms with Crippen molar-refractivity contribution in [2.75, 3.05) is 17.3 Å². The van der Waals surface area contributed by atoms with Crippen molar-refractivity contribution in [3.05, 3.63) is 54.6 Å². The zero-order valence-corrected chi connectivity index (χ0v) is 14.5. The lowest BCUT2D eigenvalue weighted by atomic mass is 10.3. The third-order valence-corrected chi connectivity index (χ3v) is 4.92. The van der Waals surface area contributed by atoms with Gasteiger partial charge in [-0.3, -0.25) is 14.9 Å². The van der Waals surface area contributed by atoms with Crippen LogP contribution in [0.4, 0.5) is 5.69 Å². The first-order chi connectivity index (χ1) is 11.9. The number of anilines is 1.